The van der Waals surface area contributed by atoms with Gasteiger partial charge in [0.2, 0.25) is 0 Å². The molecule has 1 heterocycles. The minimum absolute atomic E-state index is 0.0962. The van der Waals surface area contributed by atoms with E-state index in [1.54, 1.807) is 60.7 Å². The second kappa shape index (κ2) is 15.3. The summed E-state index contributed by atoms with van der Waals surface area (Å²) >= 11 is 0. The zero-order valence-electron chi connectivity index (χ0n) is 26.6. The molecule has 2 amide bonds. The van der Waals surface area contributed by atoms with Crippen molar-refractivity contribution in [2.75, 3.05) is 13.2 Å². The van der Waals surface area contributed by atoms with Gasteiger partial charge >= 0.3 is 5.97 Å². The number of hydrogen-bond donors (Lipinski definition) is 3. The summed E-state index contributed by atoms with van der Waals surface area (Å²) in [5.74, 6) is -2.32. The third-order valence-electron chi connectivity index (χ3n) is 7.95. The molecule has 48 heavy (non-hydrogen) atoms. The van der Waals surface area contributed by atoms with Crippen LogP contribution in [0.15, 0.2) is 108 Å². The summed E-state index contributed by atoms with van der Waals surface area (Å²) in [6, 6.07) is 28.4. The molecule has 3 atom stereocenters. The molecule has 4 aromatic rings. The monoisotopic (exact) mass is 651 g/mol. The maximum absolute atomic E-state index is 14.0. The lowest BCUT2D eigenvalue weighted by Gasteiger charge is -2.28. The highest BCUT2D eigenvalue weighted by atomic mass is 16.7. The Kier molecular flexibility index (Phi) is 10.7. The van der Waals surface area contributed by atoms with Crippen molar-refractivity contribution in [2.24, 2.45) is 11.1 Å². The van der Waals surface area contributed by atoms with Gasteiger partial charge in [0, 0.05) is 12.0 Å². The fraction of sp³-hybridized carbons (Fsp3) is 0.270. The fourth-order valence-corrected chi connectivity index (χ4v) is 5.32. The number of rotatable bonds is 15. The van der Waals surface area contributed by atoms with Crippen molar-refractivity contribution < 1.29 is 38.6 Å². The maximum atomic E-state index is 14.0. The molecule has 1 aliphatic heterocycles. The van der Waals surface area contributed by atoms with Crippen LogP contribution < -0.4 is 20.1 Å². The highest BCUT2D eigenvalue weighted by molar-refractivity contribution is 6.04. The zero-order chi connectivity index (χ0) is 34.1. The Labute approximate surface area is 277 Å². The second-order valence-electron chi connectivity index (χ2n) is 11.9. The normalized spacial score (nSPS) is 16.7. The zero-order valence-corrected chi connectivity index (χ0v) is 26.6. The highest BCUT2D eigenvalue weighted by Gasteiger charge is 2.50. The van der Waals surface area contributed by atoms with Gasteiger partial charge in [-0.25, -0.2) is 0 Å². The van der Waals surface area contributed by atoms with Crippen molar-refractivity contribution in [1.29, 1.82) is 0 Å². The first-order chi connectivity index (χ1) is 23.1. The number of nitrogens with zero attached hydrogens (tertiary/aromatic N) is 1. The predicted molar refractivity (Wildman–Crippen MR) is 179 cm³/mol. The standard InChI is InChI=1S/C37H37N3O8/c1-24(2)34(39-35(44)27-18-17-25-11-9-10-12-26(25)19-27)31-21-37(48-40-31,23-47-29-15-7-4-8-16-29)36(45)38-30(20-33(42)43)32(41)22-46-28-13-5-3-6-14-28/h3-19,24,30,34H,20-23H2,1-2H3,(H,38,45)(H,39,44)(H,42,43)/t30-,34-,37?/m0/s1. The summed E-state index contributed by atoms with van der Waals surface area (Å²) in [5, 5.41) is 21.3. The summed E-state index contributed by atoms with van der Waals surface area (Å²) in [4.78, 5) is 58.1. The van der Waals surface area contributed by atoms with Gasteiger partial charge in [-0.3, -0.25) is 19.2 Å². The Morgan fingerprint density at radius 3 is 2.10 bits per heavy atom. The molecule has 3 N–H and O–H groups in total. The predicted octanol–water partition coefficient (Wildman–Crippen LogP) is 4.80. The summed E-state index contributed by atoms with van der Waals surface area (Å²) in [6.07, 6.45) is -0.774. The van der Waals surface area contributed by atoms with Crippen LogP contribution in [0.4, 0.5) is 0 Å². The second-order valence-corrected chi connectivity index (χ2v) is 11.9. The Morgan fingerprint density at radius 2 is 1.46 bits per heavy atom. The number of amides is 2. The average molecular weight is 652 g/mol. The lowest BCUT2D eigenvalue weighted by molar-refractivity contribution is -0.151. The first kappa shape index (κ1) is 33.6. The highest BCUT2D eigenvalue weighted by Crippen LogP contribution is 2.30. The van der Waals surface area contributed by atoms with Crippen molar-refractivity contribution in [3.8, 4) is 11.5 Å². The van der Waals surface area contributed by atoms with Gasteiger partial charge in [-0.2, -0.15) is 0 Å². The largest absolute Gasteiger partial charge is 0.489 e. The first-order valence-electron chi connectivity index (χ1n) is 15.6. The number of para-hydroxylation sites is 2. The topological polar surface area (TPSA) is 153 Å². The maximum Gasteiger partial charge on any atom is 0.305 e. The molecule has 0 aromatic heterocycles. The first-order valence-corrected chi connectivity index (χ1v) is 15.6. The van der Waals surface area contributed by atoms with Gasteiger partial charge in [-0.15, -0.1) is 0 Å². The van der Waals surface area contributed by atoms with Gasteiger partial charge in [0.15, 0.2) is 5.78 Å². The summed E-state index contributed by atoms with van der Waals surface area (Å²) in [6.45, 7) is 3.04. The van der Waals surface area contributed by atoms with Crippen LogP contribution in [-0.4, -0.2) is 65.3 Å². The number of oxime groups is 1. The van der Waals surface area contributed by atoms with Gasteiger partial charge < -0.3 is 30.1 Å². The molecule has 0 radical (unpaired) electrons. The van der Waals surface area contributed by atoms with Gasteiger partial charge in [-0.05, 0) is 53.1 Å². The van der Waals surface area contributed by atoms with Crippen molar-refractivity contribution in [3.63, 3.8) is 0 Å². The van der Waals surface area contributed by atoms with Crippen LogP contribution in [0.3, 0.4) is 0 Å². The Balaban J connectivity index is 1.35. The average Bonchev–Trinajstić information content (AvgIpc) is 3.54. The molecular weight excluding hydrogens is 614 g/mol. The summed E-state index contributed by atoms with van der Waals surface area (Å²) in [5.41, 5.74) is -0.925. The molecule has 0 fully saturated rings. The van der Waals surface area contributed by atoms with E-state index in [4.69, 9.17) is 14.3 Å². The van der Waals surface area contributed by atoms with Crippen molar-refractivity contribution in [2.45, 2.75) is 44.4 Å². The Hall–Kier alpha value is -5.71. The molecule has 11 heteroatoms. The number of nitrogens with one attached hydrogen (secondary N) is 2. The summed E-state index contributed by atoms with van der Waals surface area (Å²) in [7, 11) is 0. The Morgan fingerprint density at radius 1 is 0.833 bits per heavy atom. The number of ketones is 1. The van der Waals surface area contributed by atoms with E-state index in [9.17, 15) is 24.3 Å². The number of carbonyl (C=O) groups excluding carboxylic acids is 3. The van der Waals surface area contributed by atoms with Crippen molar-refractivity contribution in [3.05, 3.63) is 109 Å². The Bertz CT molecular complexity index is 1790. The van der Waals surface area contributed by atoms with E-state index in [1.807, 2.05) is 56.3 Å². The molecule has 5 rings (SSSR count). The smallest absolute Gasteiger partial charge is 0.305 e. The number of carboxylic acid groups (broad SMARTS) is 1. The molecule has 1 unspecified atom stereocenters. The van der Waals surface area contributed by atoms with E-state index in [2.05, 4.69) is 15.8 Å². The van der Waals surface area contributed by atoms with E-state index in [0.717, 1.165) is 10.8 Å². The lowest BCUT2D eigenvalue weighted by Crippen LogP contribution is -2.57. The number of ether oxygens (including phenoxy) is 2. The molecule has 11 nitrogen and oxygen atoms in total. The number of hydrogen-bond acceptors (Lipinski definition) is 8. The molecule has 0 aliphatic carbocycles. The molecule has 4 aromatic carbocycles. The minimum Gasteiger partial charge on any atom is -0.489 e. The van der Waals surface area contributed by atoms with Crippen molar-refractivity contribution >= 4 is 40.1 Å². The van der Waals surface area contributed by atoms with E-state index in [1.165, 1.54) is 0 Å². The van der Waals surface area contributed by atoms with E-state index < -0.39 is 48.4 Å². The number of carboxylic acids is 1. The number of aliphatic carboxylic acids is 1. The van der Waals surface area contributed by atoms with E-state index >= 15 is 0 Å². The summed E-state index contributed by atoms with van der Waals surface area (Å²) < 4.78 is 11.5. The van der Waals surface area contributed by atoms with Crippen LogP contribution in [-0.2, 0) is 19.2 Å². The molecule has 0 spiro atoms. The lowest BCUT2D eigenvalue weighted by atomic mass is 9.89. The van der Waals surface area contributed by atoms with Crippen LogP contribution in [0.25, 0.3) is 10.8 Å². The number of fused-ring (bicyclic) bond motifs is 1. The number of carbonyl (C=O) groups is 4. The van der Waals surface area contributed by atoms with Crippen LogP contribution in [0.2, 0.25) is 0 Å². The van der Waals surface area contributed by atoms with Crippen LogP contribution in [0.5, 0.6) is 11.5 Å². The van der Waals surface area contributed by atoms with Gasteiger partial charge in [-0.1, -0.05) is 85.7 Å². The van der Waals surface area contributed by atoms with Gasteiger partial charge in [0.25, 0.3) is 17.4 Å². The van der Waals surface area contributed by atoms with Crippen LogP contribution in [0.1, 0.15) is 37.0 Å². The van der Waals surface area contributed by atoms with Crippen LogP contribution in [0, 0.1) is 5.92 Å². The molecule has 0 saturated heterocycles. The minimum atomic E-state index is -1.77. The van der Waals surface area contributed by atoms with Crippen LogP contribution >= 0.6 is 0 Å². The molecule has 0 saturated carbocycles. The van der Waals surface area contributed by atoms with Crippen molar-refractivity contribution in [1.82, 2.24) is 10.6 Å². The van der Waals surface area contributed by atoms with Gasteiger partial charge in [0.05, 0.1) is 18.2 Å². The fourth-order valence-electron chi connectivity index (χ4n) is 5.32. The third-order valence-corrected chi connectivity index (χ3v) is 7.95. The molecule has 0 bridgehead atoms. The molecule has 248 valence electrons. The third kappa shape index (κ3) is 8.35. The van der Waals surface area contributed by atoms with E-state index in [0.29, 0.717) is 22.8 Å². The SMILES string of the molecule is CC(C)[C@H](NC(=O)c1ccc2ccccc2c1)C1=NOC(COc2ccccc2)(C(=O)N[C@@H](CC(=O)O)C(=O)COc2ccccc2)C1. The molecule has 1 aliphatic rings. The van der Waals surface area contributed by atoms with E-state index in [-0.39, 0.29) is 24.9 Å². The van der Waals surface area contributed by atoms with Gasteiger partial charge in [0.1, 0.15) is 30.8 Å². The number of Topliss-reactive ketones (excluding diaryl/α,β-unsaturated/α-hetero) is 1. The quantitative estimate of drug-likeness (QED) is 0.166. The molecular formula is C37H37N3O8. The number of benzene rings is 4.